The Morgan fingerprint density at radius 1 is 0.964 bits per heavy atom. The first-order valence-electron chi connectivity index (χ1n) is 19.0. The Morgan fingerprint density at radius 2 is 1.75 bits per heavy atom. The van der Waals surface area contributed by atoms with Crippen LogP contribution >= 0.6 is 22.9 Å². The monoisotopic (exact) mass is 797 g/mol. The zero-order valence-electron chi connectivity index (χ0n) is 31.3. The third-order valence-corrected chi connectivity index (χ3v) is 12.1. The number of nitrogens with zero attached hydrogens (tertiary/aromatic N) is 8. The molecule has 4 aliphatic rings. The second-order valence-electron chi connectivity index (χ2n) is 14.6. The van der Waals surface area contributed by atoms with Crippen molar-refractivity contribution in [2.75, 3.05) is 77.7 Å². The van der Waals surface area contributed by atoms with Crippen LogP contribution < -0.4 is 30.7 Å². The lowest BCUT2D eigenvalue weighted by Gasteiger charge is -2.37. The molecule has 6 heterocycles. The number of benzene rings is 2. The first-order chi connectivity index (χ1) is 27.1. The van der Waals surface area contributed by atoms with Crippen molar-refractivity contribution in [3.63, 3.8) is 0 Å². The number of hydrogen-bond acceptors (Lipinski definition) is 12. The number of carbonyl (C=O) groups is 4. The zero-order valence-corrected chi connectivity index (χ0v) is 32.9. The fourth-order valence-electron chi connectivity index (χ4n) is 8.01. The van der Waals surface area contributed by atoms with Crippen LogP contribution in [0.25, 0.3) is 0 Å². The van der Waals surface area contributed by atoms with Crippen LogP contribution in [0.4, 0.5) is 38.6 Å². The summed E-state index contributed by atoms with van der Waals surface area (Å²) in [6.07, 6.45) is 4.16. The highest BCUT2D eigenvalue weighted by Crippen LogP contribution is 2.36. The molecule has 0 radical (unpaired) electrons. The lowest BCUT2D eigenvalue weighted by molar-refractivity contribution is -0.132. The lowest BCUT2D eigenvalue weighted by Crippen LogP contribution is -2.50. The maximum atomic E-state index is 13.3. The molecule has 4 aromatic rings. The zero-order chi connectivity index (χ0) is 38.9. The molecule has 0 saturated carbocycles. The molecule has 4 saturated heterocycles. The maximum absolute atomic E-state index is 13.3. The summed E-state index contributed by atoms with van der Waals surface area (Å²) in [6, 6.07) is 15.4. The van der Waals surface area contributed by atoms with Crippen LogP contribution in [0.2, 0.25) is 5.02 Å². The van der Waals surface area contributed by atoms with Crippen molar-refractivity contribution in [1.82, 2.24) is 30.1 Å². The van der Waals surface area contributed by atoms with Crippen molar-refractivity contribution >= 4 is 80.5 Å². The molecule has 4 fully saturated rings. The van der Waals surface area contributed by atoms with Crippen molar-refractivity contribution in [3.05, 3.63) is 76.0 Å². The number of para-hydroxylation sites is 1. The van der Waals surface area contributed by atoms with E-state index >= 15 is 0 Å². The highest BCUT2D eigenvalue weighted by atomic mass is 35.5. The molecule has 8 rings (SSSR count). The topological polar surface area (TPSA) is 159 Å². The molecule has 292 valence electrons. The molecule has 2 aromatic carbocycles. The van der Waals surface area contributed by atoms with Crippen molar-refractivity contribution in [2.45, 2.75) is 51.6 Å². The molecule has 2 unspecified atom stereocenters. The number of urea groups is 1. The van der Waals surface area contributed by atoms with Gasteiger partial charge in [-0.25, -0.2) is 19.7 Å². The van der Waals surface area contributed by atoms with Gasteiger partial charge in [-0.3, -0.25) is 29.5 Å². The van der Waals surface area contributed by atoms with E-state index in [0.29, 0.717) is 51.7 Å². The van der Waals surface area contributed by atoms with Gasteiger partial charge in [0.2, 0.25) is 11.8 Å². The summed E-state index contributed by atoms with van der Waals surface area (Å²) in [6.45, 7) is 9.91. The van der Waals surface area contributed by atoms with E-state index in [1.807, 2.05) is 56.3 Å². The van der Waals surface area contributed by atoms with Gasteiger partial charge in [0.1, 0.15) is 22.3 Å². The van der Waals surface area contributed by atoms with Crippen molar-refractivity contribution in [3.8, 4) is 0 Å². The Morgan fingerprint density at radius 3 is 2.48 bits per heavy atom. The van der Waals surface area contributed by atoms with Gasteiger partial charge in [-0.15, -0.1) is 0 Å². The van der Waals surface area contributed by atoms with E-state index in [4.69, 9.17) is 16.6 Å². The third-order valence-electron chi connectivity index (χ3n) is 10.9. The number of amides is 5. The minimum absolute atomic E-state index is 0.214. The summed E-state index contributed by atoms with van der Waals surface area (Å²) >= 11 is 7.53. The molecule has 3 N–H and O–H groups in total. The Balaban J connectivity index is 0.771. The quantitative estimate of drug-likeness (QED) is 0.187. The van der Waals surface area contributed by atoms with Crippen LogP contribution in [0, 0.1) is 13.8 Å². The largest absolute Gasteiger partial charge is 0.365 e. The predicted molar refractivity (Wildman–Crippen MR) is 217 cm³/mol. The third kappa shape index (κ3) is 8.13. The number of carbonyl (C=O) groups excluding carboxylic acids is 4. The van der Waals surface area contributed by atoms with Gasteiger partial charge in [-0.1, -0.05) is 35.1 Å². The number of likely N-dealkylation sites (tertiary alicyclic amines) is 1. The molecular weight excluding hydrogens is 754 g/mol. The van der Waals surface area contributed by atoms with Crippen molar-refractivity contribution in [2.24, 2.45) is 0 Å². The van der Waals surface area contributed by atoms with E-state index in [1.165, 1.54) is 17.5 Å². The molecule has 0 spiro atoms. The molecule has 0 aliphatic carbocycles. The average molecular weight is 798 g/mol. The molecular formula is C39H44ClN11O4S. The first kappa shape index (κ1) is 37.6. The second kappa shape index (κ2) is 16.0. The molecule has 2 atom stereocenters. The van der Waals surface area contributed by atoms with Crippen LogP contribution in [-0.4, -0.2) is 113 Å². The van der Waals surface area contributed by atoms with Gasteiger partial charge in [0.25, 0.3) is 5.91 Å². The van der Waals surface area contributed by atoms with Crippen LogP contribution in [-0.2, 0) is 9.59 Å². The number of rotatable bonds is 11. The van der Waals surface area contributed by atoms with Crippen LogP contribution in [0.1, 0.15) is 46.7 Å². The van der Waals surface area contributed by atoms with E-state index in [2.05, 4.69) is 45.5 Å². The normalized spacial score (nSPS) is 19.8. The molecule has 17 heteroatoms. The van der Waals surface area contributed by atoms with Crippen molar-refractivity contribution < 1.29 is 19.2 Å². The first-order valence-corrected chi connectivity index (χ1v) is 20.2. The molecule has 2 aromatic heterocycles. The average Bonchev–Trinajstić information content (AvgIpc) is 3.94. The van der Waals surface area contributed by atoms with Gasteiger partial charge >= 0.3 is 6.03 Å². The minimum atomic E-state index is -0.384. The smallest absolute Gasteiger partial charge is 0.328 e. The number of piperazine rings is 2. The number of thiazole rings is 1. The number of aromatic nitrogens is 3. The SMILES string of the molecule is Cc1nc(Nc2ncc(C(=O)Nc3c(C)cccc3Cl)s2)cc(N2CCN(CCCC(=O)N3CC4CC3CN4c3ccc(N4CCC(=O)NC4=O)cc3)CC2)n1. The summed E-state index contributed by atoms with van der Waals surface area (Å²) in [5, 5.41) is 9.53. The van der Waals surface area contributed by atoms with Gasteiger partial charge in [-0.2, -0.15) is 0 Å². The van der Waals surface area contributed by atoms with Crippen LogP contribution in [0.3, 0.4) is 0 Å². The summed E-state index contributed by atoms with van der Waals surface area (Å²) in [7, 11) is 0. The highest BCUT2D eigenvalue weighted by Gasteiger charge is 2.45. The van der Waals surface area contributed by atoms with E-state index in [-0.39, 0.29) is 35.8 Å². The molecule has 2 bridgehead atoms. The van der Waals surface area contributed by atoms with E-state index in [0.717, 1.165) is 81.4 Å². The Bertz CT molecular complexity index is 2120. The van der Waals surface area contributed by atoms with Gasteiger partial charge in [0.15, 0.2) is 5.13 Å². The van der Waals surface area contributed by atoms with Gasteiger partial charge < -0.3 is 25.3 Å². The fourth-order valence-corrected chi connectivity index (χ4v) is 9.00. The summed E-state index contributed by atoms with van der Waals surface area (Å²) < 4.78 is 0. The molecule has 4 aliphatic heterocycles. The predicted octanol–water partition coefficient (Wildman–Crippen LogP) is 5.04. The standard InChI is InChI=1S/C39H44ClN11O4S/c1-24-5-3-6-30(40)36(24)46-37(54)31-21-41-38(56-31)44-32-20-33(43-25(2)42-32)48-17-15-47(16-18-48)13-4-7-35(53)51-23-28-19-29(51)22-50(28)27-10-8-26(9-11-27)49-14-12-34(52)45-39(49)55/h3,5-6,8-11,20-21,28-29H,4,7,12-19,22-23H2,1-2H3,(H,46,54)(H,45,52,55)(H,41,42,43,44). The van der Waals surface area contributed by atoms with Crippen LogP contribution in [0.15, 0.2) is 54.7 Å². The van der Waals surface area contributed by atoms with E-state index < -0.39 is 0 Å². The second-order valence-corrected chi connectivity index (χ2v) is 16.1. The minimum Gasteiger partial charge on any atom is -0.365 e. The molecule has 15 nitrogen and oxygen atoms in total. The lowest BCUT2D eigenvalue weighted by atomic mass is 10.2. The molecule has 56 heavy (non-hydrogen) atoms. The Labute approximate surface area is 334 Å². The number of anilines is 6. The number of fused-ring (bicyclic) bond motifs is 2. The number of halogens is 1. The van der Waals surface area contributed by atoms with Gasteiger partial charge in [0, 0.05) is 82.1 Å². The van der Waals surface area contributed by atoms with E-state index in [9.17, 15) is 19.2 Å². The highest BCUT2D eigenvalue weighted by molar-refractivity contribution is 7.17. The van der Waals surface area contributed by atoms with Gasteiger partial charge in [-0.05, 0) is 69.1 Å². The Kier molecular flexibility index (Phi) is 10.8. The fraction of sp³-hybridized carbons (Fsp3) is 0.410. The van der Waals surface area contributed by atoms with Crippen molar-refractivity contribution in [1.29, 1.82) is 0 Å². The number of aryl methyl sites for hydroxylation is 2. The number of nitrogens with one attached hydrogen (secondary N) is 3. The van der Waals surface area contributed by atoms with E-state index in [1.54, 1.807) is 11.0 Å². The Hall–Kier alpha value is -5.32. The summed E-state index contributed by atoms with van der Waals surface area (Å²) in [5.41, 5.74) is 3.32. The number of imide groups is 1. The maximum Gasteiger partial charge on any atom is 0.328 e. The van der Waals surface area contributed by atoms with Gasteiger partial charge in [0.05, 0.1) is 22.9 Å². The number of hydrogen-bond donors (Lipinski definition) is 3. The molecule has 5 amide bonds. The van der Waals surface area contributed by atoms with Crippen LogP contribution in [0.5, 0.6) is 0 Å². The summed E-state index contributed by atoms with van der Waals surface area (Å²) in [5.74, 6) is 1.78. The summed E-state index contributed by atoms with van der Waals surface area (Å²) in [4.78, 5) is 74.8.